The van der Waals surface area contributed by atoms with Crippen molar-refractivity contribution in [3.05, 3.63) is 0 Å². The molecule has 0 aliphatic heterocycles. The average Bonchev–Trinajstić information content (AvgIpc) is 2.38. The number of ether oxygens (including phenoxy) is 2. The van der Waals surface area contributed by atoms with Crippen molar-refractivity contribution in [2.45, 2.75) is 78.7 Å². The summed E-state index contributed by atoms with van der Waals surface area (Å²) in [5.41, 5.74) is 0.193. The lowest BCUT2D eigenvalue weighted by atomic mass is 9.32. The summed E-state index contributed by atoms with van der Waals surface area (Å²) >= 11 is 0. The Bertz CT molecular complexity index is 469. The third-order valence-corrected chi connectivity index (χ3v) is 5.90. The highest BCUT2D eigenvalue weighted by Crippen LogP contribution is 2.76. The summed E-state index contributed by atoms with van der Waals surface area (Å²) in [6.45, 7) is 10.4. The number of hydrogen-bond donors (Lipinski definition) is 0. The lowest BCUT2D eigenvalue weighted by Crippen LogP contribution is -2.67. The van der Waals surface area contributed by atoms with Crippen molar-refractivity contribution in [1.82, 2.24) is 0 Å². The number of rotatable bonds is 9. The van der Waals surface area contributed by atoms with Crippen molar-refractivity contribution >= 4 is 11.8 Å². The van der Waals surface area contributed by atoms with E-state index >= 15 is 0 Å². The first kappa shape index (κ1) is 19.4. The maximum Gasteiger partial charge on any atom is 0.309 e. The molecule has 0 spiro atoms. The molecular formula is C20H34O4. The van der Waals surface area contributed by atoms with Crippen molar-refractivity contribution in [2.75, 3.05) is 13.7 Å². The smallest absolute Gasteiger partial charge is 0.309 e. The molecule has 4 nitrogen and oxygen atoms in total. The first-order chi connectivity index (χ1) is 11.0. The van der Waals surface area contributed by atoms with Gasteiger partial charge >= 0.3 is 5.97 Å². The lowest BCUT2D eigenvalue weighted by molar-refractivity contribution is -0.248. The van der Waals surface area contributed by atoms with Crippen molar-refractivity contribution in [1.29, 1.82) is 0 Å². The molecule has 3 aliphatic carbocycles. The molecule has 24 heavy (non-hydrogen) atoms. The molecule has 0 amide bonds. The van der Waals surface area contributed by atoms with Crippen LogP contribution in [0.3, 0.4) is 0 Å². The van der Waals surface area contributed by atoms with Gasteiger partial charge in [-0.1, -0.05) is 13.8 Å². The zero-order valence-electron chi connectivity index (χ0n) is 16.2. The van der Waals surface area contributed by atoms with Crippen LogP contribution < -0.4 is 0 Å². The minimum Gasteiger partial charge on any atom is -0.460 e. The monoisotopic (exact) mass is 338 g/mol. The second-order valence-electron chi connectivity index (χ2n) is 9.34. The molecule has 3 rings (SSSR count). The zero-order chi connectivity index (χ0) is 18.2. The van der Waals surface area contributed by atoms with E-state index in [0.29, 0.717) is 24.0 Å². The first-order valence-corrected chi connectivity index (χ1v) is 9.27. The summed E-state index contributed by atoms with van der Waals surface area (Å²) in [6.07, 6.45) is 5.50. The predicted octanol–water partition coefficient (Wildman–Crippen LogP) is 4.16. The van der Waals surface area contributed by atoms with Crippen LogP contribution in [-0.2, 0) is 19.1 Å². The molecule has 2 unspecified atom stereocenters. The van der Waals surface area contributed by atoms with Crippen molar-refractivity contribution in [2.24, 2.45) is 22.7 Å². The summed E-state index contributed by atoms with van der Waals surface area (Å²) in [7, 11) is 1.76. The van der Waals surface area contributed by atoms with Gasteiger partial charge in [-0.05, 0) is 63.7 Å². The van der Waals surface area contributed by atoms with Crippen molar-refractivity contribution in [3.8, 4) is 0 Å². The number of methoxy groups -OCH3 is 1. The fraction of sp³-hybridized carbons (Fsp3) is 0.900. The minimum atomic E-state index is -0.446. The van der Waals surface area contributed by atoms with E-state index in [9.17, 15) is 9.59 Å². The number of carbonyl (C=O) groups excluding carboxylic acids is 2. The van der Waals surface area contributed by atoms with Gasteiger partial charge in [-0.15, -0.1) is 0 Å². The number of hydrogen-bond acceptors (Lipinski definition) is 4. The molecule has 3 fully saturated rings. The topological polar surface area (TPSA) is 52.6 Å². The van der Waals surface area contributed by atoms with Crippen LogP contribution >= 0.6 is 0 Å². The Hall–Kier alpha value is -0.900. The summed E-state index contributed by atoms with van der Waals surface area (Å²) in [6, 6.07) is 0. The van der Waals surface area contributed by atoms with Gasteiger partial charge in [-0.3, -0.25) is 9.59 Å². The maximum atomic E-state index is 12.5. The largest absolute Gasteiger partial charge is 0.460 e. The van der Waals surface area contributed by atoms with Gasteiger partial charge in [0.05, 0.1) is 12.5 Å². The van der Waals surface area contributed by atoms with E-state index in [0.717, 1.165) is 32.3 Å². The highest BCUT2D eigenvalue weighted by Gasteiger charge is 2.69. The molecule has 138 valence electrons. The van der Waals surface area contributed by atoms with Gasteiger partial charge < -0.3 is 9.47 Å². The number of ketones is 1. The molecule has 2 bridgehead atoms. The third kappa shape index (κ3) is 4.01. The Morgan fingerprint density at radius 2 is 1.71 bits per heavy atom. The van der Waals surface area contributed by atoms with E-state index in [1.807, 2.05) is 27.7 Å². The number of Topliss-reactive ketones (excluding diaryl/α,β-unsaturated/α-hetero) is 1. The average molecular weight is 338 g/mol. The van der Waals surface area contributed by atoms with Crippen LogP contribution in [0.2, 0.25) is 0 Å². The molecule has 0 saturated heterocycles. The van der Waals surface area contributed by atoms with E-state index in [1.54, 1.807) is 7.11 Å². The quantitative estimate of drug-likeness (QED) is 0.592. The van der Waals surface area contributed by atoms with Crippen LogP contribution in [-0.4, -0.2) is 31.1 Å². The molecule has 4 heteroatoms. The highest BCUT2D eigenvalue weighted by molar-refractivity contribution is 5.82. The van der Waals surface area contributed by atoms with Gasteiger partial charge in [-0.25, -0.2) is 0 Å². The predicted molar refractivity (Wildman–Crippen MR) is 93.6 cm³/mol. The van der Waals surface area contributed by atoms with Crippen LogP contribution in [0.15, 0.2) is 0 Å². The molecule has 0 aromatic heterocycles. The van der Waals surface area contributed by atoms with Crippen molar-refractivity contribution < 1.29 is 19.1 Å². The van der Waals surface area contributed by atoms with Gasteiger partial charge in [0.1, 0.15) is 11.4 Å². The minimum absolute atomic E-state index is 0.146. The fourth-order valence-corrected chi connectivity index (χ4v) is 4.66. The summed E-state index contributed by atoms with van der Waals surface area (Å²) in [4.78, 5) is 24.5. The highest BCUT2D eigenvalue weighted by atomic mass is 16.6. The number of carbonyl (C=O) groups is 2. The van der Waals surface area contributed by atoms with Gasteiger partial charge in [0.2, 0.25) is 0 Å². The van der Waals surface area contributed by atoms with Crippen LogP contribution in [0.4, 0.5) is 0 Å². The first-order valence-electron chi connectivity index (χ1n) is 9.27. The maximum absolute atomic E-state index is 12.5. The summed E-state index contributed by atoms with van der Waals surface area (Å²) in [5.74, 6) is 0.196. The van der Waals surface area contributed by atoms with Gasteiger partial charge in [0.15, 0.2) is 0 Å². The summed E-state index contributed by atoms with van der Waals surface area (Å²) in [5, 5.41) is 0. The second-order valence-corrected chi connectivity index (χ2v) is 9.34. The van der Waals surface area contributed by atoms with Crippen LogP contribution in [0.25, 0.3) is 0 Å². The van der Waals surface area contributed by atoms with Gasteiger partial charge in [-0.2, -0.15) is 0 Å². The SMILES string of the molecule is COCC12CC(C(C)C(=O)CCCC(C)C(=O)OC(C)(C)C)(C1)C2. The Kier molecular flexibility index (Phi) is 5.49. The van der Waals surface area contributed by atoms with Crippen molar-refractivity contribution in [3.63, 3.8) is 0 Å². The second kappa shape index (κ2) is 6.78. The molecule has 0 N–H and O–H groups in total. The van der Waals surface area contributed by atoms with E-state index in [-0.39, 0.29) is 23.2 Å². The molecule has 2 atom stereocenters. The molecule has 0 heterocycles. The van der Waals surface area contributed by atoms with E-state index in [2.05, 4.69) is 6.92 Å². The Balaban J connectivity index is 1.68. The molecular weight excluding hydrogens is 304 g/mol. The number of esters is 1. The molecule has 0 aromatic carbocycles. The molecule has 0 radical (unpaired) electrons. The Labute approximate surface area is 146 Å². The molecule has 3 saturated carbocycles. The van der Waals surface area contributed by atoms with Crippen LogP contribution in [0.1, 0.15) is 73.1 Å². The van der Waals surface area contributed by atoms with E-state index in [1.165, 1.54) is 0 Å². The van der Waals surface area contributed by atoms with Crippen LogP contribution in [0.5, 0.6) is 0 Å². The third-order valence-electron chi connectivity index (χ3n) is 5.90. The molecule has 0 aromatic rings. The van der Waals surface area contributed by atoms with Crippen LogP contribution in [0, 0.1) is 22.7 Å². The lowest BCUT2D eigenvalue weighted by Gasteiger charge is -2.72. The fourth-order valence-electron chi connectivity index (χ4n) is 4.66. The normalized spacial score (nSPS) is 30.8. The Morgan fingerprint density at radius 1 is 1.12 bits per heavy atom. The van der Waals surface area contributed by atoms with Gasteiger partial charge in [0, 0.05) is 19.4 Å². The standard InChI is InChI=1S/C20H34O4/c1-14(17(22)24-18(3,4)5)8-7-9-16(21)15(2)20-10-19(11-20,12-20)13-23-6/h14-15H,7-13H2,1-6H3. The molecule has 3 aliphatic rings. The van der Waals surface area contributed by atoms with E-state index < -0.39 is 5.60 Å². The Morgan fingerprint density at radius 3 is 2.21 bits per heavy atom. The zero-order valence-corrected chi connectivity index (χ0v) is 16.2. The van der Waals surface area contributed by atoms with E-state index in [4.69, 9.17) is 9.47 Å². The summed E-state index contributed by atoms with van der Waals surface area (Å²) < 4.78 is 10.7. The van der Waals surface area contributed by atoms with Gasteiger partial charge in [0.25, 0.3) is 0 Å².